The molecule has 78 valence electrons. The Labute approximate surface area is 82.8 Å². The number of benzene rings is 1. The van der Waals surface area contributed by atoms with Crippen molar-refractivity contribution in [3.8, 4) is 5.75 Å². The molecule has 0 aliphatic carbocycles. The van der Waals surface area contributed by atoms with Crippen LogP contribution in [-0.2, 0) is 0 Å². The average molecular weight is 198 g/mol. The van der Waals surface area contributed by atoms with Crippen molar-refractivity contribution in [1.82, 2.24) is 0 Å². The van der Waals surface area contributed by atoms with Gasteiger partial charge in [-0.3, -0.25) is 0 Å². The Morgan fingerprint density at radius 3 is 2.07 bits per heavy atom. The predicted octanol–water partition coefficient (Wildman–Crippen LogP) is 2.62. The van der Waals surface area contributed by atoms with Crippen molar-refractivity contribution in [3.05, 3.63) is 29.8 Å². The van der Waals surface area contributed by atoms with Crippen LogP contribution in [0.3, 0.4) is 0 Å². The number of carboxylic acid groups (broad SMARTS) is 2. The lowest BCUT2D eigenvalue weighted by Crippen LogP contribution is -1.90. The van der Waals surface area contributed by atoms with E-state index in [0.29, 0.717) is 0 Å². The number of aryl methyl sites for hydroxylation is 1. The quantitative estimate of drug-likeness (QED) is 0.766. The maximum Gasteiger partial charge on any atom is 0.503 e. The second kappa shape index (κ2) is 6.77. The molecule has 0 aliphatic rings. The van der Waals surface area contributed by atoms with E-state index in [4.69, 9.17) is 19.7 Å². The minimum absolute atomic E-state index is 0.739. The lowest BCUT2D eigenvalue weighted by Gasteiger charge is -2.01. The molecule has 2 N–H and O–H groups in total. The first-order valence-electron chi connectivity index (χ1n) is 4.17. The summed E-state index contributed by atoms with van der Waals surface area (Å²) in [5, 5.41) is 13.9. The van der Waals surface area contributed by atoms with Crippen molar-refractivity contribution in [2.24, 2.45) is 0 Å². The first kappa shape index (κ1) is 12.3. The zero-order chi connectivity index (χ0) is 11.0. The van der Waals surface area contributed by atoms with Gasteiger partial charge in [-0.05, 0) is 26.0 Å². The van der Waals surface area contributed by atoms with E-state index in [0.717, 1.165) is 12.4 Å². The minimum Gasteiger partial charge on any atom is -0.494 e. The summed E-state index contributed by atoms with van der Waals surface area (Å²) in [4.78, 5) is 8.56. The molecular weight excluding hydrogens is 184 g/mol. The predicted molar refractivity (Wildman–Crippen MR) is 53.0 cm³/mol. The van der Waals surface area contributed by atoms with Gasteiger partial charge in [-0.1, -0.05) is 17.7 Å². The van der Waals surface area contributed by atoms with Crippen molar-refractivity contribution < 1.29 is 19.7 Å². The van der Waals surface area contributed by atoms with Gasteiger partial charge in [0.2, 0.25) is 0 Å². The number of carbonyl (C=O) groups is 1. The van der Waals surface area contributed by atoms with Gasteiger partial charge in [0.05, 0.1) is 6.61 Å². The molecule has 0 heterocycles. The van der Waals surface area contributed by atoms with E-state index in [-0.39, 0.29) is 0 Å². The molecule has 1 aromatic carbocycles. The third-order valence-corrected chi connectivity index (χ3v) is 1.33. The van der Waals surface area contributed by atoms with Gasteiger partial charge in [0, 0.05) is 0 Å². The second-order valence-electron chi connectivity index (χ2n) is 2.53. The molecule has 0 aromatic heterocycles. The third kappa shape index (κ3) is 6.97. The Morgan fingerprint density at radius 2 is 1.71 bits per heavy atom. The summed E-state index contributed by atoms with van der Waals surface area (Å²) in [7, 11) is 0. The molecule has 4 nitrogen and oxygen atoms in total. The molecule has 0 spiro atoms. The summed E-state index contributed by atoms with van der Waals surface area (Å²) in [6.07, 6.45) is -1.83. The van der Waals surface area contributed by atoms with Crippen LogP contribution in [0.25, 0.3) is 0 Å². The van der Waals surface area contributed by atoms with Crippen LogP contribution in [0.2, 0.25) is 0 Å². The molecule has 14 heavy (non-hydrogen) atoms. The molecule has 1 rings (SSSR count). The Bertz CT molecular complexity index is 262. The highest BCUT2D eigenvalue weighted by atomic mass is 16.6. The van der Waals surface area contributed by atoms with Gasteiger partial charge in [-0.15, -0.1) is 0 Å². The normalized spacial score (nSPS) is 8.43. The maximum atomic E-state index is 8.56. The number of ether oxygens (including phenoxy) is 1. The van der Waals surface area contributed by atoms with Crippen LogP contribution in [0.5, 0.6) is 5.75 Å². The van der Waals surface area contributed by atoms with Gasteiger partial charge < -0.3 is 14.9 Å². The Kier molecular flexibility index (Phi) is 5.94. The topological polar surface area (TPSA) is 66.8 Å². The van der Waals surface area contributed by atoms with Gasteiger partial charge in [0.1, 0.15) is 5.75 Å². The monoisotopic (exact) mass is 198 g/mol. The van der Waals surface area contributed by atoms with E-state index >= 15 is 0 Å². The highest BCUT2D eigenvalue weighted by molar-refractivity contribution is 5.53. The number of hydrogen-bond donors (Lipinski definition) is 2. The molecule has 4 heteroatoms. The van der Waals surface area contributed by atoms with E-state index < -0.39 is 6.16 Å². The van der Waals surface area contributed by atoms with E-state index in [1.807, 2.05) is 31.2 Å². The standard InChI is InChI=1S/C9H12O.CH2O3/c1-3-10-9-6-4-8(2)5-7-9;2-1(3)4/h4-7H,3H2,1-2H3;(H2,2,3,4). The summed E-state index contributed by atoms with van der Waals surface area (Å²) in [5.41, 5.74) is 1.27. The van der Waals surface area contributed by atoms with Crippen LogP contribution in [0.4, 0.5) is 4.79 Å². The molecule has 0 saturated carbocycles. The smallest absolute Gasteiger partial charge is 0.494 e. The fraction of sp³-hybridized carbons (Fsp3) is 0.300. The molecule has 0 radical (unpaired) electrons. The van der Waals surface area contributed by atoms with Crippen LogP contribution >= 0.6 is 0 Å². The maximum absolute atomic E-state index is 8.56. The molecule has 0 unspecified atom stereocenters. The van der Waals surface area contributed by atoms with E-state index in [2.05, 4.69) is 6.92 Å². The minimum atomic E-state index is -1.83. The Hall–Kier alpha value is -1.71. The summed E-state index contributed by atoms with van der Waals surface area (Å²) in [6.45, 7) is 4.79. The third-order valence-electron chi connectivity index (χ3n) is 1.33. The SMILES string of the molecule is CCOc1ccc(C)cc1.O=C(O)O. The van der Waals surface area contributed by atoms with Crippen molar-refractivity contribution >= 4 is 6.16 Å². The largest absolute Gasteiger partial charge is 0.503 e. The van der Waals surface area contributed by atoms with Crippen LogP contribution in [0.1, 0.15) is 12.5 Å². The molecule has 0 saturated heterocycles. The molecular formula is C10H14O4. The van der Waals surface area contributed by atoms with E-state index in [9.17, 15) is 0 Å². The van der Waals surface area contributed by atoms with Crippen molar-refractivity contribution in [2.45, 2.75) is 13.8 Å². The summed E-state index contributed by atoms with van der Waals surface area (Å²) < 4.78 is 5.26. The summed E-state index contributed by atoms with van der Waals surface area (Å²) in [5.74, 6) is 0.952. The van der Waals surface area contributed by atoms with Crippen LogP contribution in [0.15, 0.2) is 24.3 Å². The molecule has 0 bridgehead atoms. The number of rotatable bonds is 2. The summed E-state index contributed by atoms with van der Waals surface area (Å²) >= 11 is 0. The lowest BCUT2D eigenvalue weighted by atomic mass is 10.2. The van der Waals surface area contributed by atoms with Crippen LogP contribution in [-0.4, -0.2) is 23.0 Å². The van der Waals surface area contributed by atoms with Crippen molar-refractivity contribution in [1.29, 1.82) is 0 Å². The van der Waals surface area contributed by atoms with Gasteiger partial charge in [0.25, 0.3) is 0 Å². The zero-order valence-electron chi connectivity index (χ0n) is 8.23. The molecule has 0 atom stereocenters. The van der Waals surface area contributed by atoms with Crippen molar-refractivity contribution in [3.63, 3.8) is 0 Å². The molecule has 0 amide bonds. The highest BCUT2D eigenvalue weighted by Gasteiger charge is 1.87. The van der Waals surface area contributed by atoms with Gasteiger partial charge in [-0.25, -0.2) is 4.79 Å². The fourth-order valence-corrected chi connectivity index (χ4v) is 0.801. The Morgan fingerprint density at radius 1 is 1.29 bits per heavy atom. The summed E-state index contributed by atoms with van der Waals surface area (Å²) in [6, 6.07) is 8.06. The van der Waals surface area contributed by atoms with E-state index in [1.54, 1.807) is 0 Å². The first-order valence-corrected chi connectivity index (χ1v) is 4.17. The number of hydrogen-bond acceptors (Lipinski definition) is 2. The fourth-order valence-electron chi connectivity index (χ4n) is 0.801. The first-order chi connectivity index (χ1) is 6.56. The van der Waals surface area contributed by atoms with Gasteiger partial charge in [-0.2, -0.15) is 0 Å². The molecule has 0 aliphatic heterocycles. The molecule has 0 fully saturated rings. The van der Waals surface area contributed by atoms with Gasteiger partial charge >= 0.3 is 6.16 Å². The second-order valence-corrected chi connectivity index (χ2v) is 2.53. The van der Waals surface area contributed by atoms with Crippen LogP contribution < -0.4 is 4.74 Å². The molecule has 1 aromatic rings. The zero-order valence-corrected chi connectivity index (χ0v) is 8.23. The van der Waals surface area contributed by atoms with Gasteiger partial charge in [0.15, 0.2) is 0 Å². The Balaban J connectivity index is 0.000000364. The van der Waals surface area contributed by atoms with E-state index in [1.165, 1.54) is 5.56 Å². The lowest BCUT2D eigenvalue weighted by molar-refractivity contribution is 0.137. The van der Waals surface area contributed by atoms with Crippen LogP contribution in [0, 0.1) is 6.92 Å². The van der Waals surface area contributed by atoms with Crippen molar-refractivity contribution in [2.75, 3.05) is 6.61 Å². The highest BCUT2D eigenvalue weighted by Crippen LogP contribution is 2.10. The average Bonchev–Trinajstić information content (AvgIpc) is 2.08.